The third-order valence-electron chi connectivity index (χ3n) is 5.96. The van der Waals surface area contributed by atoms with Crippen LogP contribution in [0, 0.1) is 0 Å². The molecule has 2 N–H and O–H groups in total. The lowest BCUT2D eigenvalue weighted by molar-refractivity contribution is -0.146. The summed E-state index contributed by atoms with van der Waals surface area (Å²) in [6.07, 6.45) is 1.11. The van der Waals surface area contributed by atoms with Crippen molar-refractivity contribution in [1.82, 2.24) is 10.6 Å². The minimum Gasteiger partial charge on any atom is -0.464 e. The van der Waals surface area contributed by atoms with Crippen molar-refractivity contribution in [2.75, 3.05) is 19.8 Å². The van der Waals surface area contributed by atoms with Crippen molar-refractivity contribution < 1.29 is 28.6 Å². The van der Waals surface area contributed by atoms with Crippen LogP contribution in [-0.2, 0) is 19.0 Å². The number of ether oxygens (including phenoxy) is 3. The van der Waals surface area contributed by atoms with E-state index in [9.17, 15) is 14.4 Å². The number of nitrogens with one attached hydrogen (secondary N) is 2. The Morgan fingerprint density at radius 3 is 2.11 bits per heavy atom. The highest BCUT2D eigenvalue weighted by molar-refractivity contribution is 5.82. The number of hydrogen-bond donors (Lipinski definition) is 2. The Hall–Kier alpha value is -3.55. The number of fused-ring (bicyclic) bond motifs is 3. The lowest BCUT2D eigenvalue weighted by atomic mass is 9.98. The Bertz CT molecular complexity index is 1030. The maximum Gasteiger partial charge on any atom is 0.407 e. The molecule has 0 saturated carbocycles. The molecule has 0 unspecified atom stereocenters. The molecule has 8 nitrogen and oxygen atoms in total. The molecule has 0 heterocycles. The van der Waals surface area contributed by atoms with Gasteiger partial charge in [0.1, 0.15) is 18.2 Å². The molecule has 0 bridgehead atoms. The lowest BCUT2D eigenvalue weighted by Gasteiger charge is -2.20. The molecule has 8 heteroatoms. The zero-order valence-electron chi connectivity index (χ0n) is 22.2. The molecule has 0 saturated heterocycles. The highest BCUT2D eigenvalue weighted by Gasteiger charge is 2.30. The number of amides is 2. The van der Waals surface area contributed by atoms with Crippen LogP contribution in [0.1, 0.15) is 70.4 Å². The Kier molecular flexibility index (Phi) is 9.94. The van der Waals surface area contributed by atoms with Crippen molar-refractivity contribution in [2.24, 2.45) is 0 Å². The summed E-state index contributed by atoms with van der Waals surface area (Å²) in [4.78, 5) is 37.1. The molecule has 0 radical (unpaired) electrons. The van der Waals surface area contributed by atoms with Crippen molar-refractivity contribution >= 4 is 18.2 Å². The predicted octanol–water partition coefficient (Wildman–Crippen LogP) is 5.54. The van der Waals surface area contributed by atoms with Gasteiger partial charge in [-0.1, -0.05) is 55.5 Å². The summed E-state index contributed by atoms with van der Waals surface area (Å²) in [6.45, 7) is 8.15. The predicted molar refractivity (Wildman–Crippen MR) is 141 cm³/mol. The molecule has 0 aliphatic heterocycles. The standard InChI is InChI=1S/C29H38N2O6/c1-5-18-35-26(32)25(16-10-11-17-30-27(33)37-29(2,3)4)31-28(34)36-19-24-22-14-8-6-12-20(22)21-13-7-9-15-23(21)24/h6-9,12-15,24-25H,5,10-11,16-19H2,1-4H3,(H,30,33)(H,31,34)/t25-/m0/s1. The SMILES string of the molecule is CCCOC(=O)[C@H](CCCCNC(=O)OC(C)(C)C)NC(=O)OCC1c2ccccc2-c2ccccc21. The van der Waals surface area contributed by atoms with Crippen LogP contribution in [0.5, 0.6) is 0 Å². The summed E-state index contributed by atoms with van der Waals surface area (Å²) in [5.74, 6) is -0.557. The number of esters is 1. The Labute approximate surface area is 219 Å². The van der Waals surface area contributed by atoms with Gasteiger partial charge >= 0.3 is 18.2 Å². The average Bonchev–Trinajstić information content (AvgIpc) is 3.17. The molecule has 200 valence electrons. The Balaban J connectivity index is 1.52. The smallest absolute Gasteiger partial charge is 0.407 e. The number of carbonyl (C=O) groups is 3. The van der Waals surface area contributed by atoms with Crippen LogP contribution in [-0.4, -0.2) is 49.6 Å². The fourth-order valence-electron chi connectivity index (χ4n) is 4.31. The third kappa shape index (κ3) is 8.23. The summed E-state index contributed by atoms with van der Waals surface area (Å²) in [6, 6.07) is 15.4. The minimum atomic E-state index is -0.830. The van der Waals surface area contributed by atoms with Gasteiger partial charge in [-0.05, 0) is 68.7 Å². The van der Waals surface area contributed by atoms with Crippen molar-refractivity contribution in [1.29, 1.82) is 0 Å². The van der Waals surface area contributed by atoms with E-state index in [1.54, 1.807) is 20.8 Å². The third-order valence-corrected chi connectivity index (χ3v) is 5.96. The van der Waals surface area contributed by atoms with E-state index in [-0.39, 0.29) is 19.1 Å². The molecular weight excluding hydrogens is 472 g/mol. The topological polar surface area (TPSA) is 103 Å². The van der Waals surface area contributed by atoms with E-state index in [2.05, 4.69) is 34.9 Å². The molecule has 1 aliphatic rings. The van der Waals surface area contributed by atoms with Crippen LogP contribution in [0.2, 0.25) is 0 Å². The van der Waals surface area contributed by atoms with Crippen molar-refractivity contribution in [2.45, 2.75) is 70.9 Å². The Morgan fingerprint density at radius 2 is 1.51 bits per heavy atom. The summed E-state index contributed by atoms with van der Waals surface area (Å²) >= 11 is 0. The zero-order chi connectivity index (χ0) is 26.8. The largest absolute Gasteiger partial charge is 0.464 e. The molecule has 3 rings (SSSR count). The zero-order valence-corrected chi connectivity index (χ0v) is 22.2. The van der Waals surface area contributed by atoms with Gasteiger partial charge in [0.15, 0.2) is 0 Å². The van der Waals surface area contributed by atoms with Gasteiger partial charge in [0, 0.05) is 12.5 Å². The second kappa shape index (κ2) is 13.1. The van der Waals surface area contributed by atoms with Crippen LogP contribution in [0.3, 0.4) is 0 Å². The van der Waals surface area contributed by atoms with Gasteiger partial charge < -0.3 is 24.8 Å². The summed E-state index contributed by atoms with van der Waals surface area (Å²) in [5, 5.41) is 5.38. The molecule has 37 heavy (non-hydrogen) atoms. The fourth-order valence-corrected chi connectivity index (χ4v) is 4.31. The van der Waals surface area contributed by atoms with E-state index in [1.807, 2.05) is 31.2 Å². The number of rotatable bonds is 11. The van der Waals surface area contributed by atoms with E-state index >= 15 is 0 Å². The summed E-state index contributed by atoms with van der Waals surface area (Å²) in [5.41, 5.74) is 3.97. The number of hydrogen-bond acceptors (Lipinski definition) is 6. The van der Waals surface area contributed by atoms with E-state index in [4.69, 9.17) is 14.2 Å². The fraction of sp³-hybridized carbons (Fsp3) is 0.483. The molecular formula is C29H38N2O6. The summed E-state index contributed by atoms with van der Waals surface area (Å²) in [7, 11) is 0. The molecule has 1 atom stereocenters. The highest BCUT2D eigenvalue weighted by Crippen LogP contribution is 2.44. The molecule has 0 fully saturated rings. The van der Waals surface area contributed by atoms with Gasteiger partial charge in [-0.25, -0.2) is 14.4 Å². The van der Waals surface area contributed by atoms with Crippen LogP contribution < -0.4 is 10.6 Å². The van der Waals surface area contributed by atoms with Crippen molar-refractivity contribution in [3.8, 4) is 11.1 Å². The first kappa shape index (κ1) is 28.0. The van der Waals surface area contributed by atoms with Gasteiger partial charge in [0.05, 0.1) is 6.61 Å². The van der Waals surface area contributed by atoms with Crippen molar-refractivity contribution in [3.63, 3.8) is 0 Å². The minimum absolute atomic E-state index is 0.0671. The first-order valence-electron chi connectivity index (χ1n) is 12.9. The molecule has 2 aromatic carbocycles. The van der Waals surface area contributed by atoms with Crippen LogP contribution >= 0.6 is 0 Å². The number of unbranched alkanes of at least 4 members (excludes halogenated alkanes) is 1. The molecule has 2 aromatic rings. The average molecular weight is 511 g/mol. The highest BCUT2D eigenvalue weighted by atomic mass is 16.6. The van der Waals surface area contributed by atoms with E-state index in [0.717, 1.165) is 22.3 Å². The van der Waals surface area contributed by atoms with Crippen LogP contribution in [0.4, 0.5) is 9.59 Å². The molecule has 1 aliphatic carbocycles. The molecule has 0 spiro atoms. The molecule has 0 aromatic heterocycles. The number of benzene rings is 2. The maximum atomic E-state index is 12.7. The first-order chi connectivity index (χ1) is 17.7. The quantitative estimate of drug-likeness (QED) is 0.234. The van der Waals surface area contributed by atoms with Gasteiger partial charge in [-0.2, -0.15) is 0 Å². The Morgan fingerprint density at radius 1 is 0.892 bits per heavy atom. The lowest BCUT2D eigenvalue weighted by Crippen LogP contribution is -2.42. The van der Waals surface area contributed by atoms with Crippen LogP contribution in [0.25, 0.3) is 11.1 Å². The van der Waals surface area contributed by atoms with Gasteiger partial charge in [0.2, 0.25) is 0 Å². The second-order valence-corrected chi connectivity index (χ2v) is 10.1. The summed E-state index contributed by atoms with van der Waals surface area (Å²) < 4.78 is 16.1. The second-order valence-electron chi connectivity index (χ2n) is 10.1. The van der Waals surface area contributed by atoms with Crippen molar-refractivity contribution in [3.05, 3.63) is 59.7 Å². The van der Waals surface area contributed by atoms with Gasteiger partial charge in [-0.15, -0.1) is 0 Å². The monoisotopic (exact) mass is 510 g/mol. The van der Waals surface area contributed by atoms with Gasteiger partial charge in [-0.3, -0.25) is 0 Å². The maximum absolute atomic E-state index is 12.7. The van der Waals surface area contributed by atoms with Gasteiger partial charge in [0.25, 0.3) is 0 Å². The van der Waals surface area contributed by atoms with E-state index in [0.29, 0.717) is 32.2 Å². The van der Waals surface area contributed by atoms with E-state index < -0.39 is 29.8 Å². The molecule has 2 amide bonds. The first-order valence-corrected chi connectivity index (χ1v) is 12.9. The van der Waals surface area contributed by atoms with E-state index in [1.165, 1.54) is 0 Å². The number of alkyl carbamates (subject to hydrolysis) is 2. The number of carbonyl (C=O) groups excluding carboxylic acids is 3. The normalized spacial score (nSPS) is 13.2. The van der Waals surface area contributed by atoms with Crippen LogP contribution in [0.15, 0.2) is 48.5 Å².